The Hall–Kier alpha value is -4.24. The second-order valence-electron chi connectivity index (χ2n) is 11.2. The first-order chi connectivity index (χ1) is 19.9. The Kier molecular flexibility index (Phi) is 8.44. The highest BCUT2D eigenvalue weighted by Crippen LogP contribution is 2.39. The Morgan fingerprint density at radius 2 is 1.77 bits per heavy atom. The predicted molar refractivity (Wildman–Crippen MR) is 159 cm³/mol. The lowest BCUT2D eigenvalue weighted by atomic mass is 9.86. The lowest BCUT2D eigenvalue weighted by Gasteiger charge is -2.24. The summed E-state index contributed by atoms with van der Waals surface area (Å²) in [5.41, 5.74) is 8.78. The van der Waals surface area contributed by atoms with E-state index in [1.165, 1.54) is 20.2 Å². The van der Waals surface area contributed by atoms with E-state index in [2.05, 4.69) is 26.0 Å². The molecular formula is C28H34F3N7O4S. The van der Waals surface area contributed by atoms with Crippen molar-refractivity contribution in [1.82, 2.24) is 20.5 Å². The van der Waals surface area contributed by atoms with Crippen LogP contribution in [0.5, 0.6) is 5.75 Å². The Balaban J connectivity index is 1.66. The zero-order chi connectivity index (χ0) is 31.9. The number of hydrazine groups is 2. The van der Waals surface area contributed by atoms with Crippen molar-refractivity contribution in [3.63, 3.8) is 0 Å². The van der Waals surface area contributed by atoms with Crippen molar-refractivity contribution >= 4 is 38.7 Å². The van der Waals surface area contributed by atoms with Gasteiger partial charge in [-0.15, -0.1) is 5.53 Å². The highest BCUT2D eigenvalue weighted by Gasteiger charge is 2.31. The molecule has 0 atom stereocenters. The van der Waals surface area contributed by atoms with Crippen molar-refractivity contribution in [2.24, 2.45) is 0 Å². The molecule has 1 aromatic heterocycles. The van der Waals surface area contributed by atoms with Crippen LogP contribution in [0.2, 0.25) is 0 Å². The molecule has 2 aromatic carbocycles. The minimum atomic E-state index is -4.43. The summed E-state index contributed by atoms with van der Waals surface area (Å²) in [6, 6.07) is 8.37. The summed E-state index contributed by atoms with van der Waals surface area (Å²) in [4.78, 5) is 17.5. The molecular weight excluding hydrogens is 587 g/mol. The molecule has 0 unspecified atom stereocenters. The molecule has 1 aliphatic rings. The highest BCUT2D eigenvalue weighted by atomic mass is 32.2. The standard InChI is InChI=1S/C28H34F3N7O4S/c1-16-8-9-18(10-23(16)38-14-22(34-36-38)24-13-32-17(2)37(24)15-28(29,30)31)26(39)33-20-11-19(27(3,4)5)12-21(25(20)42-6)35-43(7,40)41/h8-14,34-36H,15H2,1-7H3,(H,33,39). The number of carbonyl (C=O) groups is 1. The van der Waals surface area contributed by atoms with E-state index in [0.29, 0.717) is 11.4 Å². The van der Waals surface area contributed by atoms with E-state index in [-0.39, 0.29) is 39.6 Å². The Morgan fingerprint density at radius 1 is 1.09 bits per heavy atom. The summed E-state index contributed by atoms with van der Waals surface area (Å²) in [5, 5.41) is 4.39. The zero-order valence-corrected chi connectivity index (χ0v) is 25.6. The quantitative estimate of drug-likeness (QED) is 0.282. The van der Waals surface area contributed by atoms with Gasteiger partial charge in [0.05, 0.1) is 54.2 Å². The minimum Gasteiger partial charge on any atom is -0.492 e. The van der Waals surface area contributed by atoms with Gasteiger partial charge in [-0.25, -0.2) is 13.4 Å². The lowest BCUT2D eigenvalue weighted by molar-refractivity contribution is -0.141. The van der Waals surface area contributed by atoms with E-state index in [1.54, 1.807) is 41.5 Å². The number of ether oxygens (including phenoxy) is 1. The normalized spacial score (nSPS) is 13.9. The number of carbonyl (C=O) groups excluding carboxylic acids is 1. The summed E-state index contributed by atoms with van der Waals surface area (Å²) in [6.45, 7) is 7.98. The maximum absolute atomic E-state index is 13.5. The van der Waals surface area contributed by atoms with Crippen LogP contribution in [-0.4, -0.2) is 43.4 Å². The number of hydrogen-bond donors (Lipinski definition) is 4. The van der Waals surface area contributed by atoms with Crippen LogP contribution in [0.25, 0.3) is 5.70 Å². The van der Waals surface area contributed by atoms with Gasteiger partial charge in [0, 0.05) is 5.56 Å². The number of rotatable bonds is 8. The second-order valence-corrected chi connectivity index (χ2v) is 13.0. The van der Waals surface area contributed by atoms with E-state index in [4.69, 9.17) is 4.74 Å². The van der Waals surface area contributed by atoms with Crippen LogP contribution in [0, 0.1) is 13.8 Å². The Labute approximate surface area is 248 Å². The molecule has 3 aromatic rings. The number of sulfonamides is 1. The fraction of sp³-hybridized carbons (Fsp3) is 0.357. The average Bonchev–Trinajstić information content (AvgIpc) is 3.48. The molecule has 0 bridgehead atoms. The molecule has 43 heavy (non-hydrogen) atoms. The SMILES string of the molecule is COc1c(NC(=O)c2ccc(C)c(N3C=C(c4cnc(C)n4CC(F)(F)F)NN3)c2)cc(C(C)(C)C)cc1NS(C)(=O)=O. The molecule has 11 nitrogen and oxygen atoms in total. The number of aryl methyl sites for hydroxylation is 2. The average molecular weight is 622 g/mol. The number of imidazole rings is 1. The summed E-state index contributed by atoms with van der Waals surface area (Å²) in [6.07, 6.45) is -0.476. The third-order valence-corrected chi connectivity index (χ3v) is 7.26. The van der Waals surface area contributed by atoms with Gasteiger partial charge in [-0.2, -0.15) is 13.2 Å². The van der Waals surface area contributed by atoms with Crippen molar-refractivity contribution in [2.45, 2.75) is 52.8 Å². The third kappa shape index (κ3) is 7.40. The first kappa shape index (κ1) is 31.7. The topological polar surface area (TPSA) is 130 Å². The predicted octanol–water partition coefficient (Wildman–Crippen LogP) is 4.82. The van der Waals surface area contributed by atoms with Gasteiger partial charge < -0.3 is 14.6 Å². The van der Waals surface area contributed by atoms with E-state index < -0.39 is 28.7 Å². The first-order valence-electron chi connectivity index (χ1n) is 13.1. The van der Waals surface area contributed by atoms with Gasteiger partial charge >= 0.3 is 6.18 Å². The number of alkyl halides is 3. The Morgan fingerprint density at radius 3 is 2.37 bits per heavy atom. The summed E-state index contributed by atoms with van der Waals surface area (Å²) in [5.74, 6) is -0.141. The minimum absolute atomic E-state index is 0.142. The van der Waals surface area contributed by atoms with Gasteiger partial charge in [0.2, 0.25) is 10.0 Å². The molecule has 15 heteroatoms. The number of nitrogens with zero attached hydrogens (tertiary/aromatic N) is 3. The van der Waals surface area contributed by atoms with Crippen molar-refractivity contribution < 1.29 is 31.1 Å². The first-order valence-corrected chi connectivity index (χ1v) is 15.0. The smallest absolute Gasteiger partial charge is 0.406 e. The molecule has 1 aliphatic heterocycles. The van der Waals surface area contributed by atoms with Gasteiger partial charge in [-0.3, -0.25) is 20.0 Å². The van der Waals surface area contributed by atoms with E-state index in [9.17, 15) is 26.4 Å². The zero-order valence-electron chi connectivity index (χ0n) is 24.8. The van der Waals surface area contributed by atoms with E-state index in [0.717, 1.165) is 21.9 Å². The molecule has 0 saturated heterocycles. The van der Waals surface area contributed by atoms with Gasteiger partial charge in [0.1, 0.15) is 12.4 Å². The number of nitrogens with one attached hydrogen (secondary N) is 4. The summed E-state index contributed by atoms with van der Waals surface area (Å²) >= 11 is 0. The molecule has 1 amide bonds. The lowest BCUT2D eigenvalue weighted by Crippen LogP contribution is -2.37. The summed E-state index contributed by atoms with van der Waals surface area (Å²) < 4.78 is 72.6. The largest absolute Gasteiger partial charge is 0.492 e. The molecule has 0 radical (unpaired) electrons. The van der Waals surface area contributed by atoms with E-state index >= 15 is 0 Å². The molecule has 0 fully saturated rings. The van der Waals surface area contributed by atoms with Crippen LogP contribution in [-0.2, 0) is 22.0 Å². The number of halogens is 3. The molecule has 4 rings (SSSR count). The fourth-order valence-corrected chi connectivity index (χ4v) is 5.04. The number of anilines is 3. The molecule has 0 aliphatic carbocycles. The Bertz CT molecular complexity index is 1690. The van der Waals surface area contributed by atoms with Crippen molar-refractivity contribution in [2.75, 3.05) is 28.4 Å². The van der Waals surface area contributed by atoms with Gasteiger partial charge in [-0.05, 0) is 54.7 Å². The molecule has 2 heterocycles. The maximum Gasteiger partial charge on any atom is 0.406 e. The van der Waals surface area contributed by atoms with Crippen molar-refractivity contribution in [3.8, 4) is 5.75 Å². The highest BCUT2D eigenvalue weighted by molar-refractivity contribution is 7.92. The van der Waals surface area contributed by atoms with Crippen LogP contribution < -0.4 is 30.7 Å². The van der Waals surface area contributed by atoms with Gasteiger partial charge in [0.15, 0.2) is 5.75 Å². The fourth-order valence-electron chi connectivity index (χ4n) is 4.49. The molecule has 0 spiro atoms. The third-order valence-electron chi connectivity index (χ3n) is 6.67. The molecule has 4 N–H and O–H groups in total. The molecule has 0 saturated carbocycles. The number of hydrogen-bond acceptors (Lipinski definition) is 8. The van der Waals surface area contributed by atoms with Crippen molar-refractivity contribution in [3.05, 3.63) is 70.9 Å². The van der Waals surface area contributed by atoms with Crippen LogP contribution in [0.4, 0.5) is 30.2 Å². The van der Waals surface area contributed by atoms with Crippen molar-refractivity contribution in [1.29, 1.82) is 0 Å². The number of amides is 1. The van der Waals surface area contributed by atoms with Crippen LogP contribution >= 0.6 is 0 Å². The van der Waals surface area contributed by atoms with Crippen LogP contribution in [0.15, 0.2) is 42.7 Å². The number of methoxy groups -OCH3 is 1. The number of benzene rings is 2. The van der Waals surface area contributed by atoms with E-state index in [1.807, 2.05) is 27.7 Å². The van der Waals surface area contributed by atoms with Gasteiger partial charge in [-0.1, -0.05) is 26.8 Å². The monoisotopic (exact) mass is 621 g/mol. The number of aromatic nitrogens is 2. The maximum atomic E-state index is 13.5. The molecule has 232 valence electrons. The van der Waals surface area contributed by atoms with Gasteiger partial charge in [0.25, 0.3) is 5.91 Å². The summed E-state index contributed by atoms with van der Waals surface area (Å²) in [7, 11) is -2.28. The van der Waals surface area contributed by atoms with Crippen LogP contribution in [0.3, 0.4) is 0 Å². The second kappa shape index (κ2) is 11.4. The van der Waals surface area contributed by atoms with Crippen LogP contribution in [0.1, 0.15) is 53.8 Å².